The van der Waals surface area contributed by atoms with E-state index < -0.39 is 0 Å². The maximum absolute atomic E-state index is 5.82. The Balaban J connectivity index is 2.52. The molecule has 3 nitrogen and oxygen atoms in total. The summed E-state index contributed by atoms with van der Waals surface area (Å²) in [6.45, 7) is 18.9. The van der Waals surface area contributed by atoms with Crippen LogP contribution in [0.2, 0.25) is 0 Å². The molecule has 0 amide bonds. The van der Waals surface area contributed by atoms with Crippen LogP contribution < -0.4 is 5.32 Å². The van der Waals surface area contributed by atoms with Crippen molar-refractivity contribution < 1.29 is 4.74 Å². The van der Waals surface area contributed by atoms with Gasteiger partial charge in [0.1, 0.15) is 0 Å². The van der Waals surface area contributed by atoms with Crippen molar-refractivity contribution in [3.8, 4) is 0 Å². The van der Waals surface area contributed by atoms with Crippen molar-refractivity contribution in [1.29, 1.82) is 0 Å². The fourth-order valence-corrected chi connectivity index (χ4v) is 3.11. The summed E-state index contributed by atoms with van der Waals surface area (Å²) in [6, 6.07) is 1.30. The van der Waals surface area contributed by atoms with Gasteiger partial charge in [-0.3, -0.25) is 4.90 Å². The van der Waals surface area contributed by atoms with E-state index >= 15 is 0 Å². The molecule has 3 heteroatoms. The van der Waals surface area contributed by atoms with Gasteiger partial charge in [0.15, 0.2) is 0 Å². The fraction of sp³-hybridized carbons (Fsp3) is 1.00. The second-order valence-corrected chi connectivity index (χ2v) is 7.32. The largest absolute Gasteiger partial charge is 0.380 e. The number of ether oxygens (including phenoxy) is 1. The van der Waals surface area contributed by atoms with Crippen LogP contribution in [-0.2, 0) is 4.74 Å². The number of piperazine rings is 1. The first-order chi connectivity index (χ1) is 9.99. The van der Waals surface area contributed by atoms with Gasteiger partial charge in [0.25, 0.3) is 0 Å². The molecule has 126 valence electrons. The van der Waals surface area contributed by atoms with E-state index in [2.05, 4.69) is 51.8 Å². The van der Waals surface area contributed by atoms with Gasteiger partial charge in [-0.2, -0.15) is 0 Å². The van der Waals surface area contributed by atoms with E-state index in [-0.39, 0.29) is 0 Å². The maximum Gasteiger partial charge on any atom is 0.0593 e. The maximum atomic E-state index is 5.82. The Labute approximate surface area is 132 Å². The molecular formula is C18H38N2O. The quantitative estimate of drug-likeness (QED) is 0.660. The highest BCUT2D eigenvalue weighted by Crippen LogP contribution is 2.21. The van der Waals surface area contributed by atoms with Crippen LogP contribution in [0.3, 0.4) is 0 Å². The zero-order valence-corrected chi connectivity index (χ0v) is 15.2. The molecule has 1 rings (SSSR count). The van der Waals surface area contributed by atoms with Crippen molar-refractivity contribution in [2.45, 2.75) is 66.5 Å². The summed E-state index contributed by atoms with van der Waals surface area (Å²) in [6.07, 6.45) is 2.51. The first-order valence-corrected chi connectivity index (χ1v) is 9.04. The first-order valence-electron chi connectivity index (χ1n) is 9.04. The van der Waals surface area contributed by atoms with Gasteiger partial charge >= 0.3 is 0 Å². The number of nitrogens with one attached hydrogen (secondary N) is 1. The Morgan fingerprint density at radius 2 is 1.76 bits per heavy atom. The van der Waals surface area contributed by atoms with Gasteiger partial charge in [0.05, 0.1) is 6.61 Å². The average molecular weight is 299 g/mol. The fourth-order valence-electron chi connectivity index (χ4n) is 3.11. The molecule has 0 aromatic carbocycles. The first kappa shape index (κ1) is 18.9. The summed E-state index contributed by atoms with van der Waals surface area (Å²) < 4.78 is 5.82. The second-order valence-electron chi connectivity index (χ2n) is 7.32. The lowest BCUT2D eigenvalue weighted by Crippen LogP contribution is -2.60. The summed E-state index contributed by atoms with van der Waals surface area (Å²) in [5.41, 5.74) is 0. The van der Waals surface area contributed by atoms with Crippen LogP contribution in [0.4, 0.5) is 0 Å². The predicted molar refractivity (Wildman–Crippen MR) is 91.7 cm³/mol. The van der Waals surface area contributed by atoms with Crippen LogP contribution in [0.25, 0.3) is 0 Å². The second kappa shape index (κ2) is 9.81. The van der Waals surface area contributed by atoms with Gasteiger partial charge in [0, 0.05) is 38.3 Å². The molecule has 4 atom stereocenters. The molecule has 1 aliphatic heterocycles. The summed E-state index contributed by atoms with van der Waals surface area (Å²) in [4.78, 5) is 2.68. The van der Waals surface area contributed by atoms with E-state index in [1.807, 2.05) is 0 Å². The van der Waals surface area contributed by atoms with Crippen molar-refractivity contribution in [2.75, 3.05) is 32.8 Å². The summed E-state index contributed by atoms with van der Waals surface area (Å²) in [5.74, 6) is 2.13. The zero-order chi connectivity index (χ0) is 15.8. The summed E-state index contributed by atoms with van der Waals surface area (Å²) in [5, 5.41) is 3.79. The summed E-state index contributed by atoms with van der Waals surface area (Å²) >= 11 is 0. The molecule has 0 aromatic heterocycles. The van der Waals surface area contributed by atoms with Crippen molar-refractivity contribution >= 4 is 0 Å². The van der Waals surface area contributed by atoms with Gasteiger partial charge in [-0.15, -0.1) is 0 Å². The Bertz CT molecular complexity index is 270. The molecule has 0 bridgehead atoms. The number of hydrogen-bond acceptors (Lipinski definition) is 3. The molecule has 0 aliphatic carbocycles. The molecule has 1 saturated heterocycles. The van der Waals surface area contributed by atoms with Gasteiger partial charge < -0.3 is 10.1 Å². The van der Waals surface area contributed by atoms with E-state index in [4.69, 9.17) is 4.74 Å². The smallest absolute Gasteiger partial charge is 0.0593 e. The van der Waals surface area contributed by atoms with Crippen LogP contribution >= 0.6 is 0 Å². The lowest BCUT2D eigenvalue weighted by molar-refractivity contribution is 0.0322. The highest BCUT2D eigenvalue weighted by atomic mass is 16.5. The molecule has 0 radical (unpaired) electrons. The van der Waals surface area contributed by atoms with Crippen LogP contribution in [0, 0.1) is 17.8 Å². The molecule has 0 aromatic rings. The summed E-state index contributed by atoms with van der Waals surface area (Å²) in [7, 11) is 0. The van der Waals surface area contributed by atoms with Crippen molar-refractivity contribution in [2.24, 2.45) is 17.8 Å². The lowest BCUT2D eigenvalue weighted by Gasteiger charge is -2.44. The minimum absolute atomic E-state index is 0.631. The third kappa shape index (κ3) is 6.25. The van der Waals surface area contributed by atoms with Crippen molar-refractivity contribution in [3.05, 3.63) is 0 Å². The monoisotopic (exact) mass is 298 g/mol. The zero-order valence-electron chi connectivity index (χ0n) is 15.2. The molecule has 0 saturated carbocycles. The highest BCUT2D eigenvalue weighted by Gasteiger charge is 2.32. The molecule has 21 heavy (non-hydrogen) atoms. The predicted octanol–water partition coefficient (Wildman–Crippen LogP) is 3.39. The Morgan fingerprint density at radius 1 is 1.10 bits per heavy atom. The van der Waals surface area contributed by atoms with E-state index in [1.165, 1.54) is 19.4 Å². The van der Waals surface area contributed by atoms with Gasteiger partial charge in [-0.1, -0.05) is 54.4 Å². The molecule has 1 heterocycles. The third-order valence-corrected chi connectivity index (χ3v) is 5.10. The van der Waals surface area contributed by atoms with Gasteiger partial charge in [-0.05, 0) is 17.8 Å². The Morgan fingerprint density at radius 3 is 2.33 bits per heavy atom. The standard InChI is InChI=1S/C18H38N2O/c1-7-15(5)17-12-20(9-10-21-13-14(3)4)18(11-19-17)16(6)8-2/h14-19H,7-13H2,1-6H3. The van der Waals surface area contributed by atoms with E-state index in [1.54, 1.807) is 0 Å². The van der Waals surface area contributed by atoms with Crippen molar-refractivity contribution in [1.82, 2.24) is 10.2 Å². The molecule has 0 spiro atoms. The van der Waals surface area contributed by atoms with E-state index in [9.17, 15) is 0 Å². The molecule has 1 fully saturated rings. The van der Waals surface area contributed by atoms with Crippen LogP contribution in [0.15, 0.2) is 0 Å². The highest BCUT2D eigenvalue weighted by molar-refractivity contribution is 4.90. The number of hydrogen-bond donors (Lipinski definition) is 1. The minimum Gasteiger partial charge on any atom is -0.380 e. The number of nitrogens with zero attached hydrogens (tertiary/aromatic N) is 1. The molecule has 1 N–H and O–H groups in total. The normalized spacial score (nSPS) is 27.0. The Hall–Kier alpha value is -0.120. The van der Waals surface area contributed by atoms with E-state index in [0.29, 0.717) is 18.0 Å². The SMILES string of the molecule is CCC(C)C1CN(CCOCC(C)C)C(C(C)CC)CN1. The molecular weight excluding hydrogens is 260 g/mol. The van der Waals surface area contributed by atoms with Gasteiger partial charge in [0.2, 0.25) is 0 Å². The molecule has 4 unspecified atom stereocenters. The van der Waals surface area contributed by atoms with Gasteiger partial charge in [-0.25, -0.2) is 0 Å². The lowest BCUT2D eigenvalue weighted by atomic mass is 9.90. The third-order valence-electron chi connectivity index (χ3n) is 5.10. The minimum atomic E-state index is 0.631. The number of rotatable bonds is 9. The van der Waals surface area contributed by atoms with Crippen LogP contribution in [-0.4, -0.2) is 49.8 Å². The molecule has 1 aliphatic rings. The topological polar surface area (TPSA) is 24.5 Å². The van der Waals surface area contributed by atoms with Crippen molar-refractivity contribution in [3.63, 3.8) is 0 Å². The van der Waals surface area contributed by atoms with E-state index in [0.717, 1.165) is 38.1 Å². The van der Waals surface area contributed by atoms with Crippen LogP contribution in [0.1, 0.15) is 54.4 Å². The van der Waals surface area contributed by atoms with Crippen LogP contribution in [0.5, 0.6) is 0 Å². The average Bonchev–Trinajstić information content (AvgIpc) is 2.49. The Kier molecular flexibility index (Phi) is 8.84.